The Hall–Kier alpha value is -3.72. The maximum absolute atomic E-state index is 12.8. The highest BCUT2D eigenvalue weighted by molar-refractivity contribution is 7.92. The monoisotopic (exact) mass is 481 g/mol. The van der Waals surface area contributed by atoms with Crippen LogP contribution in [0.4, 0.5) is 11.5 Å². The molecule has 0 amide bonds. The third-order valence-corrected chi connectivity index (χ3v) is 6.62. The Kier molecular flexibility index (Phi) is 8.01. The molecule has 9 heteroatoms. The summed E-state index contributed by atoms with van der Waals surface area (Å²) in [6, 6.07) is 16.4. The van der Waals surface area contributed by atoms with Gasteiger partial charge in [0.1, 0.15) is 11.4 Å². The fraction of sp³-hybridized carbons (Fsp3) is 0.240. The number of pyridine rings is 1. The van der Waals surface area contributed by atoms with E-state index >= 15 is 0 Å². The number of Topliss-reactive ketones (excluding diaryl/α,β-unsaturated/α-hetero) is 1. The van der Waals surface area contributed by atoms with Crippen LogP contribution >= 0.6 is 0 Å². The van der Waals surface area contributed by atoms with E-state index in [1.807, 2.05) is 42.2 Å². The molecule has 0 unspecified atom stereocenters. The van der Waals surface area contributed by atoms with Crippen LogP contribution in [0.1, 0.15) is 53.0 Å². The molecule has 3 aromatic rings. The van der Waals surface area contributed by atoms with Gasteiger partial charge in [0.05, 0.1) is 16.8 Å². The largest absolute Gasteiger partial charge is 0.478 e. The van der Waals surface area contributed by atoms with Gasteiger partial charge in [-0.15, -0.1) is 0 Å². The van der Waals surface area contributed by atoms with E-state index < -0.39 is 16.0 Å². The van der Waals surface area contributed by atoms with Gasteiger partial charge in [-0.3, -0.25) is 9.52 Å². The Morgan fingerprint density at radius 1 is 1.06 bits per heavy atom. The van der Waals surface area contributed by atoms with E-state index in [9.17, 15) is 23.1 Å². The average molecular weight is 482 g/mol. The number of benzene rings is 2. The van der Waals surface area contributed by atoms with Crippen molar-refractivity contribution >= 4 is 33.3 Å². The molecule has 3 rings (SSSR count). The van der Waals surface area contributed by atoms with E-state index in [0.29, 0.717) is 18.7 Å². The number of aromatic carboxylic acids is 1. The first-order valence-corrected chi connectivity index (χ1v) is 12.4. The number of unbranched alkanes of at least 4 members (excludes halogenated alkanes) is 1. The summed E-state index contributed by atoms with van der Waals surface area (Å²) in [7, 11) is -4.00. The van der Waals surface area contributed by atoms with Crippen molar-refractivity contribution in [2.24, 2.45) is 0 Å². The quantitative estimate of drug-likeness (QED) is 0.385. The summed E-state index contributed by atoms with van der Waals surface area (Å²) in [5.74, 6) is -1.10. The topological polar surface area (TPSA) is 117 Å². The standard InChI is InChI=1S/C25H27N3O5S/c1-3-4-14-28(17-19-8-6-5-7-9-19)24-23(25(30)31)15-21(16-26-24)27-34(32,33)22-12-10-20(11-13-22)18(2)29/h5-13,15-16,27H,3-4,14,17H2,1-2H3,(H,30,31). The zero-order chi connectivity index (χ0) is 24.7. The first kappa shape index (κ1) is 24.9. The van der Waals surface area contributed by atoms with Crippen LogP contribution in [-0.4, -0.2) is 36.8 Å². The van der Waals surface area contributed by atoms with Gasteiger partial charge in [0, 0.05) is 18.7 Å². The zero-order valence-corrected chi connectivity index (χ0v) is 19.9. The molecule has 0 bridgehead atoms. The lowest BCUT2D eigenvalue weighted by Gasteiger charge is -2.25. The van der Waals surface area contributed by atoms with Crippen molar-refractivity contribution < 1.29 is 23.1 Å². The fourth-order valence-electron chi connectivity index (χ4n) is 3.42. The van der Waals surface area contributed by atoms with Gasteiger partial charge >= 0.3 is 5.97 Å². The number of ketones is 1. The number of carbonyl (C=O) groups excluding carboxylic acids is 1. The van der Waals surface area contributed by atoms with Gasteiger partial charge in [-0.05, 0) is 37.1 Å². The molecule has 0 saturated carbocycles. The molecule has 8 nitrogen and oxygen atoms in total. The number of rotatable bonds is 11. The predicted octanol–water partition coefficient (Wildman–Crippen LogP) is 4.59. The van der Waals surface area contributed by atoms with Crippen LogP contribution in [0.25, 0.3) is 0 Å². The normalized spacial score (nSPS) is 11.1. The van der Waals surface area contributed by atoms with Crippen LogP contribution in [0.3, 0.4) is 0 Å². The Morgan fingerprint density at radius 2 is 1.74 bits per heavy atom. The van der Waals surface area contributed by atoms with Crippen LogP contribution < -0.4 is 9.62 Å². The summed E-state index contributed by atoms with van der Waals surface area (Å²) in [5.41, 5.74) is 1.34. The number of hydrogen-bond donors (Lipinski definition) is 2. The van der Waals surface area contributed by atoms with E-state index in [2.05, 4.69) is 9.71 Å². The number of carboxylic acids is 1. The molecule has 0 spiro atoms. The number of carboxylic acid groups (broad SMARTS) is 1. The lowest BCUT2D eigenvalue weighted by molar-refractivity contribution is 0.0697. The minimum absolute atomic E-state index is 0.0342. The Balaban J connectivity index is 1.91. The van der Waals surface area contributed by atoms with Crippen molar-refractivity contribution in [3.8, 4) is 0 Å². The van der Waals surface area contributed by atoms with Gasteiger partial charge in [0.2, 0.25) is 0 Å². The van der Waals surface area contributed by atoms with Gasteiger partial charge in [-0.1, -0.05) is 55.8 Å². The van der Waals surface area contributed by atoms with Crippen molar-refractivity contribution in [2.75, 3.05) is 16.2 Å². The number of nitrogens with one attached hydrogen (secondary N) is 1. The van der Waals surface area contributed by atoms with Gasteiger partial charge in [0.15, 0.2) is 5.78 Å². The van der Waals surface area contributed by atoms with Crippen LogP contribution in [0.15, 0.2) is 71.8 Å². The van der Waals surface area contributed by atoms with Crippen LogP contribution in [0, 0.1) is 0 Å². The fourth-order valence-corrected chi connectivity index (χ4v) is 4.45. The van der Waals surface area contributed by atoms with Crippen molar-refractivity contribution in [3.05, 3.63) is 83.6 Å². The van der Waals surface area contributed by atoms with Crippen molar-refractivity contribution in [2.45, 2.75) is 38.1 Å². The molecule has 1 aromatic heterocycles. The molecule has 2 N–H and O–H groups in total. The number of sulfonamides is 1. The Morgan fingerprint density at radius 3 is 2.32 bits per heavy atom. The molecule has 0 atom stereocenters. The first-order chi connectivity index (χ1) is 16.2. The van der Waals surface area contributed by atoms with Gasteiger partial charge in [-0.25, -0.2) is 18.2 Å². The van der Waals surface area contributed by atoms with E-state index in [1.165, 1.54) is 43.5 Å². The summed E-state index contributed by atoms with van der Waals surface area (Å²) in [4.78, 5) is 29.7. The second kappa shape index (κ2) is 10.9. The summed E-state index contributed by atoms with van der Waals surface area (Å²) >= 11 is 0. The molecule has 2 aromatic carbocycles. The van der Waals surface area contributed by atoms with Gasteiger partial charge < -0.3 is 10.0 Å². The summed E-state index contributed by atoms with van der Waals surface area (Å²) in [6.45, 7) is 4.52. The van der Waals surface area contributed by atoms with E-state index in [1.54, 1.807) is 0 Å². The van der Waals surface area contributed by atoms with E-state index in [0.717, 1.165) is 18.4 Å². The highest BCUT2D eigenvalue weighted by Gasteiger charge is 2.21. The second-order valence-corrected chi connectivity index (χ2v) is 9.53. The summed E-state index contributed by atoms with van der Waals surface area (Å²) in [5, 5.41) is 9.85. The zero-order valence-electron chi connectivity index (χ0n) is 19.1. The van der Waals surface area contributed by atoms with Crippen LogP contribution in [-0.2, 0) is 16.6 Å². The first-order valence-electron chi connectivity index (χ1n) is 10.9. The molecule has 34 heavy (non-hydrogen) atoms. The number of aromatic nitrogens is 1. The molecule has 1 heterocycles. The van der Waals surface area contributed by atoms with Crippen molar-refractivity contribution in [1.82, 2.24) is 4.98 Å². The highest BCUT2D eigenvalue weighted by Crippen LogP contribution is 2.25. The third kappa shape index (κ3) is 6.20. The minimum Gasteiger partial charge on any atom is -0.478 e. The SMILES string of the molecule is CCCCN(Cc1ccccc1)c1ncc(NS(=O)(=O)c2ccc(C(C)=O)cc2)cc1C(=O)O. The molecular formula is C25H27N3O5S. The maximum atomic E-state index is 12.8. The van der Waals surface area contributed by atoms with Crippen LogP contribution in [0.2, 0.25) is 0 Å². The molecule has 0 aliphatic rings. The molecule has 0 aliphatic heterocycles. The molecule has 0 saturated heterocycles. The molecule has 0 aliphatic carbocycles. The second-order valence-electron chi connectivity index (χ2n) is 7.85. The minimum atomic E-state index is -4.00. The number of hydrogen-bond acceptors (Lipinski definition) is 6. The van der Waals surface area contributed by atoms with E-state index in [-0.39, 0.29) is 27.7 Å². The molecular weight excluding hydrogens is 454 g/mol. The Bertz CT molecular complexity index is 1260. The van der Waals surface area contributed by atoms with Crippen molar-refractivity contribution in [3.63, 3.8) is 0 Å². The van der Waals surface area contributed by atoms with E-state index in [4.69, 9.17) is 0 Å². The molecule has 0 fully saturated rings. The van der Waals surface area contributed by atoms with Gasteiger partial charge in [-0.2, -0.15) is 0 Å². The number of nitrogens with zero attached hydrogens (tertiary/aromatic N) is 2. The molecule has 0 radical (unpaired) electrons. The predicted molar refractivity (Wildman–Crippen MR) is 131 cm³/mol. The van der Waals surface area contributed by atoms with Crippen LogP contribution in [0.5, 0.6) is 0 Å². The Labute approximate surface area is 199 Å². The number of anilines is 2. The van der Waals surface area contributed by atoms with Crippen molar-refractivity contribution in [1.29, 1.82) is 0 Å². The highest BCUT2D eigenvalue weighted by atomic mass is 32.2. The summed E-state index contributed by atoms with van der Waals surface area (Å²) in [6.07, 6.45) is 3.08. The lowest BCUT2D eigenvalue weighted by Crippen LogP contribution is -2.27. The average Bonchev–Trinajstić information content (AvgIpc) is 2.82. The molecule has 178 valence electrons. The number of carbonyl (C=O) groups is 2. The lowest BCUT2D eigenvalue weighted by atomic mass is 10.1. The smallest absolute Gasteiger partial charge is 0.339 e. The third-order valence-electron chi connectivity index (χ3n) is 5.22. The van der Waals surface area contributed by atoms with Gasteiger partial charge in [0.25, 0.3) is 10.0 Å². The summed E-state index contributed by atoms with van der Waals surface area (Å²) < 4.78 is 27.9. The maximum Gasteiger partial charge on any atom is 0.339 e.